The summed E-state index contributed by atoms with van der Waals surface area (Å²) in [5.74, 6) is 0. The topological polar surface area (TPSA) is 17.1 Å². The van der Waals surface area contributed by atoms with Crippen molar-refractivity contribution in [2.75, 3.05) is 0 Å². The van der Waals surface area contributed by atoms with Crippen LogP contribution < -0.4 is 0 Å². The molecule has 0 saturated carbocycles. The molecule has 0 unspecified atom stereocenters. The number of carbonyl (C=O) groups excluding carboxylic acids is 1. The maximum atomic E-state index is 10.5. The van der Waals surface area contributed by atoms with E-state index in [4.69, 9.17) is 0 Å². The lowest BCUT2D eigenvalue weighted by Crippen LogP contribution is -1.90. The largest absolute Gasteiger partial charge is 0.277 e. The molecule has 0 saturated heterocycles. The molecular weight excluding hydrogens is 132 g/mol. The Labute approximate surface area is 61.6 Å². The third kappa shape index (κ3) is 3.25. The number of carbonyl (C=O) groups is 1. The lowest BCUT2D eigenvalue weighted by atomic mass is 10.2. The van der Waals surface area contributed by atoms with E-state index >= 15 is 0 Å². The van der Waals surface area contributed by atoms with Crippen molar-refractivity contribution in [3.05, 3.63) is 11.6 Å². The Morgan fingerprint density at radius 3 is 2.22 bits per heavy atom. The molecule has 0 atom stereocenters. The summed E-state index contributed by atoms with van der Waals surface area (Å²) < 4.78 is 0. The lowest BCUT2D eigenvalue weighted by molar-refractivity contribution is -0.107. The normalized spacial score (nSPS) is 11.6. The van der Waals surface area contributed by atoms with E-state index in [9.17, 15) is 4.79 Å². The highest BCUT2D eigenvalue weighted by atomic mass is 32.1. The van der Waals surface area contributed by atoms with Gasteiger partial charge in [0.2, 0.25) is 5.12 Å². The second-order valence-electron chi connectivity index (χ2n) is 1.78. The average Bonchev–Trinajstić information content (AvgIpc) is 1.82. The molecular formula is C7H11OS. The highest BCUT2D eigenvalue weighted by molar-refractivity contribution is 7.97. The van der Waals surface area contributed by atoms with Crippen LogP contribution in [0.5, 0.6) is 0 Å². The van der Waals surface area contributed by atoms with Crippen molar-refractivity contribution in [1.82, 2.24) is 0 Å². The van der Waals surface area contributed by atoms with Crippen LogP contribution in [0.25, 0.3) is 0 Å². The molecule has 1 nitrogen and oxygen atoms in total. The summed E-state index contributed by atoms with van der Waals surface area (Å²) >= 11 is 4.46. The molecule has 0 aromatic rings. The van der Waals surface area contributed by atoms with Crippen LogP contribution in [0.15, 0.2) is 11.6 Å². The molecule has 0 aliphatic carbocycles. The molecule has 0 amide bonds. The first-order valence-electron chi connectivity index (χ1n) is 3.12. The summed E-state index contributed by atoms with van der Waals surface area (Å²) in [6.45, 7) is 3.93. The minimum Gasteiger partial charge on any atom is -0.277 e. The summed E-state index contributed by atoms with van der Waals surface area (Å²) in [7, 11) is 0. The smallest absolute Gasteiger partial charge is 0.245 e. The molecule has 0 fully saturated rings. The van der Waals surface area contributed by atoms with Gasteiger partial charge in [-0.05, 0) is 25.5 Å². The molecule has 0 rings (SSSR count). The first-order chi connectivity index (χ1) is 4.22. The van der Waals surface area contributed by atoms with E-state index in [1.54, 1.807) is 0 Å². The van der Waals surface area contributed by atoms with Crippen molar-refractivity contribution in [2.45, 2.75) is 26.7 Å². The molecule has 0 aromatic carbocycles. The van der Waals surface area contributed by atoms with E-state index in [-0.39, 0.29) is 5.12 Å². The van der Waals surface area contributed by atoms with Gasteiger partial charge in [0, 0.05) is 5.57 Å². The van der Waals surface area contributed by atoms with Gasteiger partial charge in [-0.25, -0.2) is 0 Å². The number of allylic oxidation sites excluding steroid dienone is 1. The molecule has 0 aliphatic rings. The summed E-state index contributed by atoms with van der Waals surface area (Å²) in [4.78, 5) is 10.5. The van der Waals surface area contributed by atoms with E-state index in [0.717, 1.165) is 18.4 Å². The Hall–Kier alpha value is -0.370. The zero-order valence-electron chi connectivity index (χ0n) is 5.81. The van der Waals surface area contributed by atoms with Gasteiger partial charge in [-0.2, -0.15) is 0 Å². The van der Waals surface area contributed by atoms with Gasteiger partial charge in [0.25, 0.3) is 0 Å². The Bertz CT molecular complexity index is 127. The quantitative estimate of drug-likeness (QED) is 0.555. The van der Waals surface area contributed by atoms with Gasteiger partial charge in [-0.3, -0.25) is 4.79 Å². The fourth-order valence-corrected chi connectivity index (χ4v) is 0.846. The minimum atomic E-state index is -0.209. The molecule has 2 heteroatoms. The van der Waals surface area contributed by atoms with E-state index in [0.29, 0.717) is 0 Å². The number of hydrogen-bond donors (Lipinski definition) is 0. The van der Waals surface area contributed by atoms with Crippen LogP contribution in [0, 0.1) is 0 Å². The molecule has 9 heavy (non-hydrogen) atoms. The van der Waals surface area contributed by atoms with Crippen molar-refractivity contribution < 1.29 is 4.79 Å². The predicted molar refractivity (Wildman–Crippen MR) is 41.3 cm³/mol. The highest BCUT2D eigenvalue weighted by Crippen LogP contribution is 2.05. The fraction of sp³-hybridized carbons (Fsp3) is 0.571. The second kappa shape index (κ2) is 4.50. The van der Waals surface area contributed by atoms with Crippen molar-refractivity contribution in [2.24, 2.45) is 0 Å². The molecule has 0 heterocycles. The molecule has 51 valence electrons. The molecule has 0 aromatic heterocycles. The molecule has 1 radical (unpaired) electrons. The van der Waals surface area contributed by atoms with Crippen LogP contribution in [0.4, 0.5) is 0 Å². The third-order valence-electron chi connectivity index (χ3n) is 1.09. The molecule has 0 aliphatic heterocycles. The van der Waals surface area contributed by atoms with E-state index in [2.05, 4.69) is 12.6 Å². The van der Waals surface area contributed by atoms with Gasteiger partial charge in [-0.1, -0.05) is 19.9 Å². The van der Waals surface area contributed by atoms with Crippen molar-refractivity contribution in [3.8, 4) is 0 Å². The summed E-state index contributed by atoms with van der Waals surface area (Å²) in [6.07, 6.45) is 3.54. The summed E-state index contributed by atoms with van der Waals surface area (Å²) in [5.41, 5.74) is 0.771. The van der Waals surface area contributed by atoms with Crippen molar-refractivity contribution >= 4 is 17.7 Å². The second-order valence-corrected chi connectivity index (χ2v) is 2.15. The van der Waals surface area contributed by atoms with E-state index < -0.39 is 0 Å². The van der Waals surface area contributed by atoms with Crippen LogP contribution in [-0.4, -0.2) is 5.12 Å². The maximum Gasteiger partial charge on any atom is 0.245 e. The van der Waals surface area contributed by atoms with Crippen molar-refractivity contribution in [3.63, 3.8) is 0 Å². The number of hydrogen-bond acceptors (Lipinski definition) is 1. The van der Waals surface area contributed by atoms with Crippen molar-refractivity contribution in [1.29, 1.82) is 0 Å². The molecule has 0 spiro atoms. The Morgan fingerprint density at radius 2 is 2.11 bits per heavy atom. The zero-order chi connectivity index (χ0) is 7.28. The van der Waals surface area contributed by atoms with Crippen LogP contribution in [0.3, 0.4) is 0 Å². The fourth-order valence-electron chi connectivity index (χ4n) is 0.618. The molecule has 0 bridgehead atoms. The van der Waals surface area contributed by atoms with Gasteiger partial charge >= 0.3 is 0 Å². The summed E-state index contributed by atoms with van der Waals surface area (Å²) in [6, 6.07) is 0. The maximum absolute atomic E-state index is 10.5. The average molecular weight is 143 g/mol. The van der Waals surface area contributed by atoms with Gasteiger partial charge in [0.05, 0.1) is 0 Å². The van der Waals surface area contributed by atoms with Gasteiger partial charge < -0.3 is 0 Å². The van der Waals surface area contributed by atoms with Gasteiger partial charge in [0.1, 0.15) is 0 Å². The highest BCUT2D eigenvalue weighted by Gasteiger charge is 1.99. The Balaban J connectivity index is 3.98. The Kier molecular flexibility index (Phi) is 4.32. The first-order valence-corrected chi connectivity index (χ1v) is 3.53. The zero-order valence-corrected chi connectivity index (χ0v) is 6.62. The van der Waals surface area contributed by atoms with E-state index in [1.165, 1.54) is 0 Å². The number of rotatable bonds is 3. The van der Waals surface area contributed by atoms with Crippen LogP contribution in [-0.2, 0) is 4.79 Å². The van der Waals surface area contributed by atoms with Gasteiger partial charge in [-0.15, -0.1) is 0 Å². The van der Waals surface area contributed by atoms with Crippen LogP contribution in [0.2, 0.25) is 0 Å². The SMILES string of the molecule is CCC=C(CC)C(=O)[S]. The summed E-state index contributed by atoms with van der Waals surface area (Å²) in [5, 5.41) is -0.209. The van der Waals surface area contributed by atoms with Crippen LogP contribution in [0.1, 0.15) is 26.7 Å². The third-order valence-corrected chi connectivity index (χ3v) is 1.36. The van der Waals surface area contributed by atoms with Crippen LogP contribution >= 0.6 is 12.6 Å². The predicted octanol–water partition coefficient (Wildman–Crippen LogP) is 2.46. The minimum absolute atomic E-state index is 0.209. The van der Waals surface area contributed by atoms with E-state index in [1.807, 2.05) is 19.9 Å². The Morgan fingerprint density at radius 1 is 1.56 bits per heavy atom. The lowest BCUT2D eigenvalue weighted by Gasteiger charge is -1.92. The standard InChI is InChI=1S/C7H11OS/c1-3-5-6(4-2)7(8)9/h5H,3-4H2,1-2H3. The first kappa shape index (κ1) is 8.63. The monoisotopic (exact) mass is 143 g/mol. The molecule has 0 N–H and O–H groups in total. The van der Waals surface area contributed by atoms with Gasteiger partial charge in [0.15, 0.2) is 0 Å².